The SMILES string of the molecule is O=C(O)CCCN(C1CC1)[C@H]1c2ccc(F)cc2[N@@+](Cc2ccccc2)(C(=O)O)[C@@H]2CC[C@@H]21. The van der Waals surface area contributed by atoms with Crippen molar-refractivity contribution in [1.82, 2.24) is 9.38 Å². The summed E-state index contributed by atoms with van der Waals surface area (Å²) in [5, 5.41) is 19.8. The number of carboxylic acid groups (broad SMARTS) is 2. The second-order valence-corrected chi connectivity index (χ2v) is 9.72. The molecule has 6 nitrogen and oxygen atoms in total. The van der Waals surface area contributed by atoms with E-state index in [0.29, 0.717) is 24.7 Å². The van der Waals surface area contributed by atoms with Gasteiger partial charge in [0.05, 0.1) is 0 Å². The summed E-state index contributed by atoms with van der Waals surface area (Å²) in [4.78, 5) is 26.5. The number of halogens is 1. The normalized spacial score (nSPS) is 28.0. The van der Waals surface area contributed by atoms with Gasteiger partial charge in [0.25, 0.3) is 0 Å². The van der Waals surface area contributed by atoms with Crippen LogP contribution in [0.4, 0.5) is 14.9 Å². The van der Waals surface area contributed by atoms with E-state index in [0.717, 1.165) is 36.8 Å². The number of benzene rings is 2. The van der Waals surface area contributed by atoms with Gasteiger partial charge in [0.15, 0.2) is 5.69 Å². The van der Waals surface area contributed by atoms with E-state index in [1.54, 1.807) is 6.07 Å². The van der Waals surface area contributed by atoms with Crippen LogP contribution < -0.4 is 4.48 Å². The molecule has 0 aromatic heterocycles. The van der Waals surface area contributed by atoms with Crippen molar-refractivity contribution >= 4 is 17.7 Å². The Labute approximate surface area is 192 Å². The second-order valence-electron chi connectivity index (χ2n) is 9.72. The first-order valence-corrected chi connectivity index (χ1v) is 11.8. The van der Waals surface area contributed by atoms with E-state index in [2.05, 4.69) is 4.90 Å². The average Bonchev–Trinajstić information content (AvgIpc) is 3.59. The number of hydrogen-bond donors (Lipinski definition) is 2. The average molecular weight is 454 g/mol. The van der Waals surface area contributed by atoms with E-state index >= 15 is 0 Å². The van der Waals surface area contributed by atoms with Gasteiger partial charge in [0.2, 0.25) is 0 Å². The number of fused-ring (bicyclic) bond motifs is 2. The Morgan fingerprint density at radius 2 is 1.79 bits per heavy atom. The molecule has 1 amide bonds. The lowest BCUT2D eigenvalue weighted by molar-refractivity contribution is -0.137. The van der Waals surface area contributed by atoms with Crippen molar-refractivity contribution in [2.75, 3.05) is 6.54 Å². The van der Waals surface area contributed by atoms with Crippen LogP contribution in [0.2, 0.25) is 0 Å². The molecule has 2 fully saturated rings. The van der Waals surface area contributed by atoms with Gasteiger partial charge in [0, 0.05) is 48.0 Å². The van der Waals surface area contributed by atoms with Crippen LogP contribution >= 0.6 is 0 Å². The van der Waals surface area contributed by atoms with E-state index in [-0.39, 0.29) is 35.5 Å². The standard InChI is InChI=1S/C26H29FN2O4/c27-18-8-11-21-23(15-18)29(26(32)33,16-17-5-2-1-3-6-17)22-13-12-20(22)25(21)28(19-9-10-19)14-4-7-24(30)31/h1-3,5-6,8,11,15,19-20,22,25H,4,7,9-10,12-14,16H2,(H-,30,31,32,33)/p+1/t20-,22+,25+,29-/m0/s1. The van der Waals surface area contributed by atoms with Crippen LogP contribution in [0, 0.1) is 11.7 Å². The van der Waals surface area contributed by atoms with Gasteiger partial charge < -0.3 is 10.2 Å². The van der Waals surface area contributed by atoms with Crippen molar-refractivity contribution in [1.29, 1.82) is 0 Å². The Morgan fingerprint density at radius 3 is 2.39 bits per heavy atom. The number of carbonyl (C=O) groups is 2. The van der Waals surface area contributed by atoms with Crippen molar-refractivity contribution < 1.29 is 24.2 Å². The molecule has 0 bridgehead atoms. The van der Waals surface area contributed by atoms with E-state index in [1.165, 1.54) is 12.1 Å². The highest BCUT2D eigenvalue weighted by molar-refractivity contribution is 5.84. The number of carboxylic acids is 1. The van der Waals surface area contributed by atoms with Gasteiger partial charge in [-0.3, -0.25) is 9.69 Å². The molecule has 0 saturated heterocycles. The van der Waals surface area contributed by atoms with Crippen molar-refractivity contribution in [3.05, 3.63) is 65.5 Å². The fourth-order valence-electron chi connectivity index (χ4n) is 6.12. The van der Waals surface area contributed by atoms with Crippen molar-refractivity contribution in [3.63, 3.8) is 0 Å². The Balaban J connectivity index is 1.60. The molecule has 174 valence electrons. The summed E-state index contributed by atoms with van der Waals surface area (Å²) in [5.41, 5.74) is 2.35. The molecular weight excluding hydrogens is 423 g/mol. The molecule has 2 aliphatic carbocycles. The van der Waals surface area contributed by atoms with Crippen LogP contribution in [-0.4, -0.2) is 45.8 Å². The number of quaternary nitrogens is 1. The summed E-state index contributed by atoms with van der Waals surface area (Å²) in [5.74, 6) is -1.08. The fourth-order valence-corrected chi connectivity index (χ4v) is 6.12. The molecule has 1 heterocycles. The molecule has 2 aromatic carbocycles. The van der Waals surface area contributed by atoms with Crippen molar-refractivity contribution in [2.45, 2.75) is 63.2 Å². The number of nitrogens with zero attached hydrogens (tertiary/aromatic N) is 2. The van der Waals surface area contributed by atoms with Crippen molar-refractivity contribution in [3.8, 4) is 0 Å². The molecular formula is C26H30FN2O4+. The molecule has 3 aliphatic rings. The Hall–Kier alpha value is -2.77. The zero-order valence-electron chi connectivity index (χ0n) is 18.6. The van der Waals surface area contributed by atoms with Crippen LogP contribution in [0.5, 0.6) is 0 Å². The minimum absolute atomic E-state index is 0.00187. The Kier molecular flexibility index (Phi) is 5.70. The van der Waals surface area contributed by atoms with Crippen LogP contribution in [0.15, 0.2) is 48.5 Å². The quantitative estimate of drug-likeness (QED) is 0.539. The summed E-state index contributed by atoms with van der Waals surface area (Å²) >= 11 is 0. The minimum Gasteiger partial charge on any atom is -0.481 e. The lowest BCUT2D eigenvalue weighted by Crippen LogP contribution is -2.70. The highest BCUT2D eigenvalue weighted by Crippen LogP contribution is 2.57. The third-order valence-corrected chi connectivity index (χ3v) is 7.80. The Bertz CT molecular complexity index is 1060. The zero-order valence-corrected chi connectivity index (χ0v) is 18.6. The van der Waals surface area contributed by atoms with E-state index < -0.39 is 17.9 Å². The smallest absolute Gasteiger partial charge is 0.481 e. The van der Waals surface area contributed by atoms with E-state index in [1.807, 2.05) is 30.3 Å². The topological polar surface area (TPSA) is 77.8 Å². The van der Waals surface area contributed by atoms with E-state index in [4.69, 9.17) is 5.11 Å². The van der Waals surface area contributed by atoms with Gasteiger partial charge in [-0.25, -0.2) is 4.39 Å². The number of hydrogen-bond acceptors (Lipinski definition) is 3. The van der Waals surface area contributed by atoms with Crippen LogP contribution in [0.1, 0.15) is 55.7 Å². The molecule has 2 aromatic rings. The predicted octanol–water partition coefficient (Wildman–Crippen LogP) is 5.17. The lowest BCUT2D eigenvalue weighted by Gasteiger charge is -2.57. The lowest BCUT2D eigenvalue weighted by atomic mass is 9.66. The highest BCUT2D eigenvalue weighted by Gasteiger charge is 2.63. The maximum atomic E-state index is 14.6. The molecule has 0 unspecified atom stereocenters. The maximum absolute atomic E-state index is 14.6. The number of rotatable bonds is 8. The summed E-state index contributed by atoms with van der Waals surface area (Å²) in [6.07, 6.45) is 3.58. The van der Waals surface area contributed by atoms with Crippen LogP contribution in [-0.2, 0) is 11.3 Å². The summed E-state index contributed by atoms with van der Waals surface area (Å²) in [7, 11) is 0. The first-order valence-electron chi connectivity index (χ1n) is 11.8. The van der Waals surface area contributed by atoms with Gasteiger partial charge >= 0.3 is 12.1 Å². The predicted molar refractivity (Wildman–Crippen MR) is 122 cm³/mol. The number of amides is 1. The maximum Gasteiger partial charge on any atom is 0.519 e. The van der Waals surface area contributed by atoms with E-state index in [9.17, 15) is 19.1 Å². The second kappa shape index (κ2) is 8.54. The van der Waals surface area contributed by atoms with Gasteiger partial charge in [-0.05, 0) is 44.4 Å². The molecule has 1 aliphatic heterocycles. The molecule has 0 radical (unpaired) electrons. The van der Waals surface area contributed by atoms with Gasteiger partial charge in [0.1, 0.15) is 18.4 Å². The molecule has 7 heteroatoms. The first-order chi connectivity index (χ1) is 15.9. The number of aliphatic carboxylic acids is 1. The largest absolute Gasteiger partial charge is 0.519 e. The molecule has 5 rings (SSSR count). The van der Waals surface area contributed by atoms with Gasteiger partial charge in [-0.1, -0.05) is 30.3 Å². The van der Waals surface area contributed by atoms with Crippen molar-refractivity contribution in [2.24, 2.45) is 5.92 Å². The van der Waals surface area contributed by atoms with Crippen LogP contribution in [0.25, 0.3) is 0 Å². The molecule has 0 spiro atoms. The summed E-state index contributed by atoms with van der Waals surface area (Å²) in [6, 6.07) is 14.5. The third-order valence-electron chi connectivity index (χ3n) is 7.80. The highest BCUT2D eigenvalue weighted by atomic mass is 19.1. The third kappa shape index (κ3) is 3.83. The molecule has 33 heavy (non-hydrogen) atoms. The van der Waals surface area contributed by atoms with Gasteiger partial charge in [-0.2, -0.15) is 9.28 Å². The monoisotopic (exact) mass is 453 g/mol. The molecule has 2 N–H and O–H groups in total. The zero-order chi connectivity index (χ0) is 23.2. The molecule has 2 saturated carbocycles. The van der Waals surface area contributed by atoms with Crippen LogP contribution in [0.3, 0.4) is 0 Å². The molecule has 4 atom stereocenters. The first kappa shape index (κ1) is 22.0. The summed E-state index contributed by atoms with van der Waals surface area (Å²) in [6.45, 7) is 0.941. The van der Waals surface area contributed by atoms with Gasteiger partial charge in [-0.15, -0.1) is 0 Å². The summed E-state index contributed by atoms with van der Waals surface area (Å²) < 4.78 is 14.3. The fraction of sp³-hybridized carbons (Fsp3) is 0.462. The Morgan fingerprint density at radius 1 is 1.03 bits per heavy atom. The minimum atomic E-state index is -0.942.